The SMILES string of the molecule is Cc1nc(S[C@H](C(=O)NC2CC2)c2ccccc2)n(CC(C)C)c1C. The Labute approximate surface area is 154 Å². The number of nitrogens with zero attached hydrogens (tertiary/aromatic N) is 2. The van der Waals surface area contributed by atoms with E-state index in [1.807, 2.05) is 37.3 Å². The fourth-order valence-electron chi connectivity index (χ4n) is 2.80. The number of aryl methyl sites for hydroxylation is 1. The lowest BCUT2D eigenvalue weighted by Gasteiger charge is -2.18. The van der Waals surface area contributed by atoms with Gasteiger partial charge in [-0.15, -0.1) is 0 Å². The van der Waals surface area contributed by atoms with E-state index in [-0.39, 0.29) is 11.2 Å². The van der Waals surface area contributed by atoms with E-state index in [9.17, 15) is 4.79 Å². The highest BCUT2D eigenvalue weighted by atomic mass is 32.2. The van der Waals surface area contributed by atoms with Crippen molar-refractivity contribution in [1.29, 1.82) is 0 Å². The molecule has 134 valence electrons. The van der Waals surface area contributed by atoms with Crippen molar-refractivity contribution in [2.75, 3.05) is 0 Å². The molecule has 1 aliphatic carbocycles. The normalized spacial score (nSPS) is 15.4. The van der Waals surface area contributed by atoms with Crippen molar-refractivity contribution in [1.82, 2.24) is 14.9 Å². The number of hydrogen-bond donors (Lipinski definition) is 1. The molecule has 1 heterocycles. The topological polar surface area (TPSA) is 46.9 Å². The van der Waals surface area contributed by atoms with Gasteiger partial charge >= 0.3 is 0 Å². The maximum atomic E-state index is 12.9. The van der Waals surface area contributed by atoms with Gasteiger partial charge in [0, 0.05) is 18.3 Å². The molecule has 0 bridgehead atoms. The first-order valence-electron chi connectivity index (χ1n) is 9.01. The zero-order valence-corrected chi connectivity index (χ0v) is 16.3. The Morgan fingerprint density at radius 1 is 1.28 bits per heavy atom. The van der Waals surface area contributed by atoms with E-state index < -0.39 is 0 Å². The van der Waals surface area contributed by atoms with Crippen molar-refractivity contribution in [3.63, 3.8) is 0 Å². The Morgan fingerprint density at radius 3 is 2.56 bits per heavy atom. The van der Waals surface area contributed by atoms with Crippen LogP contribution in [0.1, 0.15) is 48.9 Å². The van der Waals surface area contributed by atoms with Crippen LogP contribution in [0.25, 0.3) is 0 Å². The summed E-state index contributed by atoms with van der Waals surface area (Å²) in [5, 5.41) is 3.82. The predicted octanol–water partition coefficient (Wildman–Crippen LogP) is 4.27. The van der Waals surface area contributed by atoms with Gasteiger partial charge in [-0.05, 0) is 38.2 Å². The van der Waals surface area contributed by atoms with Crippen LogP contribution in [0.2, 0.25) is 0 Å². The number of amides is 1. The number of aromatic nitrogens is 2. The van der Waals surface area contributed by atoms with Gasteiger partial charge in [-0.1, -0.05) is 55.9 Å². The van der Waals surface area contributed by atoms with Crippen LogP contribution in [0.5, 0.6) is 0 Å². The zero-order chi connectivity index (χ0) is 18.0. The summed E-state index contributed by atoms with van der Waals surface area (Å²) in [6, 6.07) is 10.4. The lowest BCUT2D eigenvalue weighted by molar-refractivity contribution is -0.120. The molecule has 0 aliphatic heterocycles. The van der Waals surface area contributed by atoms with Crippen molar-refractivity contribution in [3.8, 4) is 0 Å². The molecule has 4 nitrogen and oxygen atoms in total. The highest BCUT2D eigenvalue weighted by Crippen LogP contribution is 2.37. The van der Waals surface area contributed by atoms with Crippen molar-refractivity contribution in [2.45, 2.75) is 63.5 Å². The van der Waals surface area contributed by atoms with Gasteiger partial charge in [0.05, 0.1) is 5.69 Å². The lowest BCUT2D eigenvalue weighted by Crippen LogP contribution is -2.30. The quantitative estimate of drug-likeness (QED) is 0.753. The van der Waals surface area contributed by atoms with E-state index in [2.05, 4.69) is 30.7 Å². The van der Waals surface area contributed by atoms with Crippen LogP contribution in [-0.2, 0) is 11.3 Å². The molecular weight excluding hydrogens is 330 g/mol. The molecule has 25 heavy (non-hydrogen) atoms. The van der Waals surface area contributed by atoms with E-state index in [0.717, 1.165) is 35.8 Å². The Balaban J connectivity index is 1.89. The third-order valence-electron chi connectivity index (χ3n) is 4.46. The van der Waals surface area contributed by atoms with Gasteiger partial charge in [-0.25, -0.2) is 4.98 Å². The Bertz CT molecular complexity index is 735. The molecule has 1 N–H and O–H groups in total. The van der Waals surface area contributed by atoms with Gasteiger partial charge in [0.1, 0.15) is 5.25 Å². The number of rotatable bonds is 7. The van der Waals surface area contributed by atoms with Gasteiger partial charge in [0.15, 0.2) is 5.16 Å². The molecule has 1 fully saturated rings. The average molecular weight is 358 g/mol. The highest BCUT2D eigenvalue weighted by Gasteiger charge is 2.30. The molecule has 1 amide bonds. The van der Waals surface area contributed by atoms with Crippen molar-refractivity contribution >= 4 is 17.7 Å². The average Bonchev–Trinajstić information content (AvgIpc) is 3.35. The molecule has 0 spiro atoms. The second kappa shape index (κ2) is 7.65. The molecule has 0 radical (unpaired) electrons. The van der Waals surface area contributed by atoms with Crippen LogP contribution >= 0.6 is 11.8 Å². The fraction of sp³-hybridized carbons (Fsp3) is 0.500. The first kappa shape index (κ1) is 18.1. The molecule has 2 aromatic rings. The number of thioether (sulfide) groups is 1. The molecule has 0 saturated heterocycles. The maximum Gasteiger partial charge on any atom is 0.238 e. The zero-order valence-electron chi connectivity index (χ0n) is 15.5. The number of nitrogens with one attached hydrogen (secondary N) is 1. The van der Waals surface area contributed by atoms with Gasteiger partial charge in [0.2, 0.25) is 5.91 Å². The number of hydrogen-bond acceptors (Lipinski definition) is 3. The van der Waals surface area contributed by atoms with Crippen LogP contribution in [0.3, 0.4) is 0 Å². The summed E-state index contributed by atoms with van der Waals surface area (Å²) >= 11 is 1.56. The first-order valence-corrected chi connectivity index (χ1v) is 9.89. The summed E-state index contributed by atoms with van der Waals surface area (Å²) in [6.45, 7) is 9.48. The monoisotopic (exact) mass is 357 g/mol. The Morgan fingerprint density at radius 2 is 1.96 bits per heavy atom. The maximum absolute atomic E-state index is 12.9. The molecule has 1 atom stereocenters. The van der Waals surface area contributed by atoms with Crippen LogP contribution in [0.4, 0.5) is 0 Å². The highest BCUT2D eigenvalue weighted by molar-refractivity contribution is 8.00. The summed E-state index contributed by atoms with van der Waals surface area (Å²) in [5.41, 5.74) is 3.25. The van der Waals surface area contributed by atoms with Crippen LogP contribution < -0.4 is 5.32 Å². The third-order valence-corrected chi connectivity index (χ3v) is 5.70. The standard InChI is InChI=1S/C20H27N3OS/c1-13(2)12-23-15(4)14(3)21-20(23)25-18(16-8-6-5-7-9-16)19(24)22-17-10-11-17/h5-9,13,17-18H,10-12H2,1-4H3,(H,22,24)/t18-/m0/s1. The van der Waals surface area contributed by atoms with E-state index in [0.29, 0.717) is 12.0 Å². The minimum Gasteiger partial charge on any atom is -0.352 e. The Hall–Kier alpha value is -1.75. The summed E-state index contributed by atoms with van der Waals surface area (Å²) < 4.78 is 2.25. The van der Waals surface area contributed by atoms with Crippen molar-refractivity contribution in [3.05, 3.63) is 47.3 Å². The molecule has 1 aromatic heterocycles. The van der Waals surface area contributed by atoms with Crippen LogP contribution in [-0.4, -0.2) is 21.5 Å². The Kier molecular flexibility index (Phi) is 5.52. The molecule has 1 saturated carbocycles. The van der Waals surface area contributed by atoms with Crippen LogP contribution in [0.15, 0.2) is 35.5 Å². The van der Waals surface area contributed by atoms with E-state index >= 15 is 0 Å². The van der Waals surface area contributed by atoms with E-state index in [1.165, 1.54) is 5.69 Å². The third kappa shape index (κ3) is 4.46. The minimum atomic E-state index is -0.270. The summed E-state index contributed by atoms with van der Waals surface area (Å²) in [6.07, 6.45) is 2.19. The molecule has 0 unspecified atom stereocenters. The van der Waals surface area contributed by atoms with Crippen LogP contribution in [0, 0.1) is 19.8 Å². The number of carbonyl (C=O) groups excluding carboxylic acids is 1. The molecule has 1 aliphatic rings. The molecule has 1 aromatic carbocycles. The fourth-order valence-corrected chi connectivity index (χ4v) is 4.01. The smallest absolute Gasteiger partial charge is 0.238 e. The van der Waals surface area contributed by atoms with Gasteiger partial charge in [0.25, 0.3) is 0 Å². The van der Waals surface area contributed by atoms with E-state index in [4.69, 9.17) is 4.98 Å². The minimum absolute atomic E-state index is 0.0908. The van der Waals surface area contributed by atoms with Crippen molar-refractivity contribution < 1.29 is 4.79 Å². The molecule has 3 rings (SSSR count). The second-order valence-corrected chi connectivity index (χ2v) is 8.33. The molecule has 5 heteroatoms. The van der Waals surface area contributed by atoms with Gasteiger partial charge < -0.3 is 9.88 Å². The summed E-state index contributed by atoms with van der Waals surface area (Å²) in [7, 11) is 0. The number of benzene rings is 1. The second-order valence-electron chi connectivity index (χ2n) is 7.26. The predicted molar refractivity (Wildman–Crippen MR) is 103 cm³/mol. The largest absolute Gasteiger partial charge is 0.352 e. The molecular formula is C20H27N3OS. The first-order chi connectivity index (χ1) is 12.0. The van der Waals surface area contributed by atoms with Gasteiger partial charge in [-0.2, -0.15) is 0 Å². The summed E-state index contributed by atoms with van der Waals surface area (Å²) in [4.78, 5) is 17.6. The van der Waals surface area contributed by atoms with Crippen molar-refractivity contribution in [2.24, 2.45) is 5.92 Å². The number of carbonyl (C=O) groups is 1. The van der Waals surface area contributed by atoms with Gasteiger partial charge in [-0.3, -0.25) is 4.79 Å². The van der Waals surface area contributed by atoms with E-state index in [1.54, 1.807) is 11.8 Å². The number of imidazole rings is 1. The summed E-state index contributed by atoms with van der Waals surface area (Å²) in [5.74, 6) is 0.621. The lowest BCUT2D eigenvalue weighted by atomic mass is 10.1.